The highest BCUT2D eigenvalue weighted by molar-refractivity contribution is 4.91. The molecule has 0 radical (unpaired) electrons. The second kappa shape index (κ2) is 7.13. The fourth-order valence-electron chi connectivity index (χ4n) is 2.74. The lowest BCUT2D eigenvalue weighted by Crippen LogP contribution is -2.48. The van der Waals surface area contributed by atoms with Crippen LogP contribution in [-0.4, -0.2) is 47.8 Å². The van der Waals surface area contributed by atoms with Crippen LogP contribution in [0.2, 0.25) is 0 Å². The molecule has 3 nitrogen and oxygen atoms in total. The van der Waals surface area contributed by atoms with E-state index in [4.69, 9.17) is 6.42 Å². The van der Waals surface area contributed by atoms with Crippen molar-refractivity contribution in [3.63, 3.8) is 0 Å². The predicted octanol–water partition coefficient (Wildman–Crippen LogP) is 1.47. The maximum atomic E-state index is 10.3. The predicted molar refractivity (Wildman–Crippen MR) is 76.4 cm³/mol. The molecule has 0 aromatic rings. The highest BCUT2D eigenvalue weighted by Gasteiger charge is 2.24. The number of terminal acetylenes is 1. The number of nitrogens with zero attached hydrogens (tertiary/aromatic N) is 1. The van der Waals surface area contributed by atoms with Crippen LogP contribution in [0.25, 0.3) is 0 Å². The van der Waals surface area contributed by atoms with E-state index in [-0.39, 0.29) is 0 Å². The van der Waals surface area contributed by atoms with Gasteiger partial charge in [0, 0.05) is 25.7 Å². The zero-order valence-electron chi connectivity index (χ0n) is 12.1. The van der Waals surface area contributed by atoms with E-state index >= 15 is 0 Å². The Labute approximate surface area is 112 Å². The van der Waals surface area contributed by atoms with Crippen molar-refractivity contribution in [1.82, 2.24) is 10.2 Å². The fourth-order valence-corrected chi connectivity index (χ4v) is 2.74. The molecular weight excluding hydrogens is 224 g/mol. The van der Waals surface area contributed by atoms with Crippen LogP contribution in [0.3, 0.4) is 0 Å². The van der Waals surface area contributed by atoms with Gasteiger partial charge in [-0.1, -0.05) is 19.8 Å². The molecule has 104 valence electrons. The van der Waals surface area contributed by atoms with Gasteiger partial charge in [-0.2, -0.15) is 0 Å². The smallest absolute Gasteiger partial charge is 0.0746 e. The van der Waals surface area contributed by atoms with Gasteiger partial charge in [-0.25, -0.2) is 0 Å². The van der Waals surface area contributed by atoms with Gasteiger partial charge in [-0.05, 0) is 32.1 Å². The molecule has 0 amide bonds. The quantitative estimate of drug-likeness (QED) is 0.703. The lowest BCUT2D eigenvalue weighted by molar-refractivity contribution is 0.0333. The summed E-state index contributed by atoms with van der Waals surface area (Å²) in [6.07, 6.45) is 8.41. The van der Waals surface area contributed by atoms with Crippen molar-refractivity contribution in [2.45, 2.75) is 51.7 Å². The zero-order valence-corrected chi connectivity index (χ0v) is 12.1. The summed E-state index contributed by atoms with van der Waals surface area (Å²) in [5.74, 6) is 3.22. The van der Waals surface area contributed by atoms with Gasteiger partial charge >= 0.3 is 0 Å². The standard InChI is InChI=1S/C15H28N2O/c1-5-8-17-9-6-14(7-10-17)16-12-15(4,18)11-13(2)3/h1,13-14,16,18H,6-12H2,2-4H3. The number of piperidine rings is 1. The third kappa shape index (κ3) is 5.86. The maximum Gasteiger partial charge on any atom is 0.0746 e. The number of nitrogens with one attached hydrogen (secondary N) is 1. The van der Waals surface area contributed by atoms with E-state index in [0.29, 0.717) is 18.5 Å². The van der Waals surface area contributed by atoms with E-state index in [1.165, 1.54) is 0 Å². The Morgan fingerprint density at radius 3 is 2.56 bits per heavy atom. The van der Waals surface area contributed by atoms with Gasteiger partial charge in [0.25, 0.3) is 0 Å². The first kappa shape index (κ1) is 15.5. The Kier molecular flexibility index (Phi) is 6.14. The monoisotopic (exact) mass is 252 g/mol. The third-order valence-corrected chi connectivity index (χ3v) is 3.52. The molecule has 0 aliphatic carbocycles. The molecule has 1 fully saturated rings. The summed E-state index contributed by atoms with van der Waals surface area (Å²) in [4.78, 5) is 2.31. The van der Waals surface area contributed by atoms with E-state index in [1.54, 1.807) is 0 Å². The summed E-state index contributed by atoms with van der Waals surface area (Å²) < 4.78 is 0. The molecule has 1 saturated heterocycles. The Morgan fingerprint density at radius 1 is 1.44 bits per heavy atom. The highest BCUT2D eigenvalue weighted by Crippen LogP contribution is 2.17. The van der Waals surface area contributed by atoms with Crippen molar-refractivity contribution in [3.05, 3.63) is 0 Å². The topological polar surface area (TPSA) is 35.5 Å². The lowest BCUT2D eigenvalue weighted by atomic mass is 9.93. The summed E-state index contributed by atoms with van der Waals surface area (Å²) in [7, 11) is 0. The molecule has 0 bridgehead atoms. The normalized spacial score (nSPS) is 21.8. The van der Waals surface area contributed by atoms with Gasteiger partial charge in [-0.15, -0.1) is 6.42 Å². The molecule has 0 saturated carbocycles. The minimum absolute atomic E-state index is 0.526. The number of rotatable bonds is 6. The molecular formula is C15H28N2O. The molecule has 1 aliphatic heterocycles. The lowest BCUT2D eigenvalue weighted by Gasteiger charge is -2.34. The largest absolute Gasteiger partial charge is 0.389 e. The summed E-state index contributed by atoms with van der Waals surface area (Å²) >= 11 is 0. The Hall–Kier alpha value is -0.560. The number of likely N-dealkylation sites (tertiary alicyclic amines) is 1. The first-order chi connectivity index (χ1) is 8.43. The maximum absolute atomic E-state index is 10.3. The van der Waals surface area contributed by atoms with E-state index in [1.807, 2.05) is 6.92 Å². The highest BCUT2D eigenvalue weighted by atomic mass is 16.3. The summed E-state index contributed by atoms with van der Waals surface area (Å²) in [5.41, 5.74) is -0.593. The van der Waals surface area contributed by atoms with Crippen molar-refractivity contribution in [3.8, 4) is 12.3 Å². The van der Waals surface area contributed by atoms with Gasteiger partial charge < -0.3 is 10.4 Å². The average Bonchev–Trinajstić information content (AvgIpc) is 2.27. The van der Waals surface area contributed by atoms with Crippen LogP contribution in [0.15, 0.2) is 0 Å². The van der Waals surface area contributed by atoms with Gasteiger partial charge in [0.05, 0.1) is 12.1 Å². The van der Waals surface area contributed by atoms with Crippen LogP contribution < -0.4 is 5.32 Å². The van der Waals surface area contributed by atoms with E-state index in [2.05, 4.69) is 30.0 Å². The van der Waals surface area contributed by atoms with Crippen molar-refractivity contribution in [2.24, 2.45) is 5.92 Å². The first-order valence-electron chi connectivity index (χ1n) is 7.04. The van der Waals surface area contributed by atoms with Gasteiger partial charge in [-0.3, -0.25) is 4.90 Å². The van der Waals surface area contributed by atoms with E-state index in [9.17, 15) is 5.11 Å². The summed E-state index contributed by atoms with van der Waals surface area (Å²) in [6, 6.07) is 0.526. The van der Waals surface area contributed by atoms with Crippen LogP contribution in [0, 0.1) is 18.3 Å². The molecule has 1 heterocycles. The van der Waals surface area contributed by atoms with Crippen LogP contribution in [0.4, 0.5) is 0 Å². The minimum Gasteiger partial charge on any atom is -0.389 e. The van der Waals surface area contributed by atoms with Crippen molar-refractivity contribution in [2.75, 3.05) is 26.2 Å². The van der Waals surface area contributed by atoms with Crippen molar-refractivity contribution < 1.29 is 5.11 Å². The second-order valence-electron chi connectivity index (χ2n) is 6.23. The van der Waals surface area contributed by atoms with Gasteiger partial charge in [0.15, 0.2) is 0 Å². The minimum atomic E-state index is -0.593. The summed E-state index contributed by atoms with van der Waals surface area (Å²) in [6.45, 7) is 9.79. The number of hydrogen-bond acceptors (Lipinski definition) is 3. The Balaban J connectivity index is 2.23. The van der Waals surface area contributed by atoms with E-state index in [0.717, 1.165) is 38.9 Å². The Morgan fingerprint density at radius 2 is 2.06 bits per heavy atom. The zero-order chi connectivity index (χ0) is 13.6. The van der Waals surface area contributed by atoms with Crippen LogP contribution in [0.1, 0.15) is 40.0 Å². The average molecular weight is 252 g/mol. The van der Waals surface area contributed by atoms with Crippen molar-refractivity contribution in [1.29, 1.82) is 0 Å². The van der Waals surface area contributed by atoms with E-state index < -0.39 is 5.60 Å². The second-order valence-corrected chi connectivity index (χ2v) is 6.23. The SMILES string of the molecule is C#CCN1CCC(NCC(C)(O)CC(C)C)CC1. The molecule has 0 aromatic heterocycles. The van der Waals surface area contributed by atoms with Gasteiger partial charge in [0.2, 0.25) is 0 Å². The van der Waals surface area contributed by atoms with Crippen LogP contribution in [0.5, 0.6) is 0 Å². The number of aliphatic hydroxyl groups is 1. The summed E-state index contributed by atoms with van der Waals surface area (Å²) in [5, 5.41) is 13.8. The molecule has 0 spiro atoms. The molecule has 1 atom stereocenters. The van der Waals surface area contributed by atoms with Gasteiger partial charge in [0.1, 0.15) is 0 Å². The third-order valence-electron chi connectivity index (χ3n) is 3.52. The number of hydrogen-bond donors (Lipinski definition) is 2. The van der Waals surface area contributed by atoms with Crippen LogP contribution in [-0.2, 0) is 0 Å². The molecule has 3 heteroatoms. The molecule has 1 unspecified atom stereocenters. The Bertz CT molecular complexity index is 273. The molecule has 1 rings (SSSR count). The molecule has 2 N–H and O–H groups in total. The van der Waals surface area contributed by atoms with Crippen molar-refractivity contribution >= 4 is 0 Å². The first-order valence-corrected chi connectivity index (χ1v) is 7.04. The molecule has 1 aliphatic rings. The van der Waals surface area contributed by atoms with Crippen LogP contribution >= 0.6 is 0 Å². The molecule has 0 aromatic carbocycles. The fraction of sp³-hybridized carbons (Fsp3) is 0.867. The molecule has 18 heavy (non-hydrogen) atoms.